The molecular formula is C15H21NO4. The molecule has 1 heterocycles. The summed E-state index contributed by atoms with van der Waals surface area (Å²) >= 11 is 0. The van der Waals surface area contributed by atoms with Crippen LogP contribution in [0, 0.1) is 0 Å². The second-order valence-corrected chi connectivity index (χ2v) is 4.67. The fraction of sp³-hybridized carbons (Fsp3) is 0.533. The molecular weight excluding hydrogens is 258 g/mol. The Kier molecular flexibility index (Phi) is 5.83. The highest BCUT2D eigenvalue weighted by Gasteiger charge is 2.25. The van der Waals surface area contributed by atoms with E-state index < -0.39 is 6.09 Å². The Morgan fingerprint density at radius 2 is 1.95 bits per heavy atom. The highest BCUT2D eigenvalue weighted by molar-refractivity contribution is 5.67. The van der Waals surface area contributed by atoms with E-state index in [9.17, 15) is 4.79 Å². The molecule has 110 valence electrons. The number of benzene rings is 1. The zero-order chi connectivity index (χ0) is 14.2. The summed E-state index contributed by atoms with van der Waals surface area (Å²) in [7, 11) is 0. The standard InChI is InChI=1S/C15H21NO4/c1-2-13-14(19-9-8-18-13)10-16-15(17)20-11-12-6-4-3-5-7-12/h3-7,13-14H,2,8-11H2,1H3,(H,16,17)/t13-,14-/m1/s1. The van der Waals surface area contributed by atoms with Crippen LogP contribution >= 0.6 is 0 Å². The Hall–Kier alpha value is -1.59. The van der Waals surface area contributed by atoms with Gasteiger partial charge in [-0.15, -0.1) is 0 Å². The lowest BCUT2D eigenvalue weighted by Gasteiger charge is -2.31. The van der Waals surface area contributed by atoms with Crippen LogP contribution in [0.25, 0.3) is 0 Å². The number of nitrogens with one attached hydrogen (secondary N) is 1. The number of hydrogen-bond donors (Lipinski definition) is 1. The highest BCUT2D eigenvalue weighted by Crippen LogP contribution is 2.12. The molecule has 0 aliphatic carbocycles. The molecule has 1 aliphatic rings. The van der Waals surface area contributed by atoms with Gasteiger partial charge in [0.25, 0.3) is 0 Å². The zero-order valence-electron chi connectivity index (χ0n) is 11.7. The van der Waals surface area contributed by atoms with Crippen LogP contribution in [0.4, 0.5) is 4.79 Å². The molecule has 1 amide bonds. The third kappa shape index (κ3) is 4.51. The molecule has 0 unspecified atom stereocenters. The number of hydrogen-bond acceptors (Lipinski definition) is 4. The highest BCUT2D eigenvalue weighted by atomic mass is 16.6. The van der Waals surface area contributed by atoms with Gasteiger partial charge in [0.05, 0.1) is 19.3 Å². The molecule has 1 aliphatic heterocycles. The molecule has 1 fully saturated rings. The van der Waals surface area contributed by atoms with Crippen LogP contribution in [0.2, 0.25) is 0 Å². The van der Waals surface area contributed by atoms with E-state index in [-0.39, 0.29) is 18.8 Å². The number of alkyl carbamates (subject to hydrolysis) is 1. The largest absolute Gasteiger partial charge is 0.445 e. The van der Waals surface area contributed by atoms with E-state index in [2.05, 4.69) is 5.32 Å². The van der Waals surface area contributed by atoms with Crippen molar-refractivity contribution in [3.63, 3.8) is 0 Å². The van der Waals surface area contributed by atoms with Gasteiger partial charge >= 0.3 is 6.09 Å². The molecule has 1 aromatic rings. The first-order chi connectivity index (χ1) is 9.79. The van der Waals surface area contributed by atoms with Crippen molar-refractivity contribution in [3.05, 3.63) is 35.9 Å². The van der Waals surface area contributed by atoms with Crippen LogP contribution in [-0.2, 0) is 20.8 Å². The first kappa shape index (κ1) is 14.8. The Morgan fingerprint density at radius 3 is 2.65 bits per heavy atom. The number of carbonyl (C=O) groups excluding carboxylic acids is 1. The summed E-state index contributed by atoms with van der Waals surface area (Å²) in [4.78, 5) is 11.6. The van der Waals surface area contributed by atoms with Gasteiger partial charge in [0.2, 0.25) is 0 Å². The van der Waals surface area contributed by atoms with Crippen molar-refractivity contribution in [1.82, 2.24) is 5.32 Å². The summed E-state index contributed by atoms with van der Waals surface area (Å²) in [5.74, 6) is 0. The third-order valence-corrected chi connectivity index (χ3v) is 3.22. The van der Waals surface area contributed by atoms with E-state index in [1.165, 1.54) is 0 Å². The van der Waals surface area contributed by atoms with Gasteiger partial charge in [-0.3, -0.25) is 0 Å². The second-order valence-electron chi connectivity index (χ2n) is 4.67. The summed E-state index contributed by atoms with van der Waals surface area (Å²) in [6.07, 6.45) is 0.375. The number of ether oxygens (including phenoxy) is 3. The lowest BCUT2D eigenvalue weighted by Crippen LogP contribution is -2.45. The average Bonchev–Trinajstić information content (AvgIpc) is 2.52. The van der Waals surface area contributed by atoms with Crippen molar-refractivity contribution in [3.8, 4) is 0 Å². The monoisotopic (exact) mass is 279 g/mol. The van der Waals surface area contributed by atoms with Crippen molar-refractivity contribution in [2.24, 2.45) is 0 Å². The molecule has 0 saturated carbocycles. The SMILES string of the molecule is CC[C@H]1OCCO[C@@H]1CNC(=O)OCc1ccccc1. The molecule has 1 aromatic carbocycles. The van der Waals surface area contributed by atoms with Gasteiger partial charge in [-0.2, -0.15) is 0 Å². The van der Waals surface area contributed by atoms with E-state index >= 15 is 0 Å². The minimum absolute atomic E-state index is 0.0400. The van der Waals surface area contributed by atoms with Gasteiger partial charge in [0.1, 0.15) is 12.7 Å². The maximum absolute atomic E-state index is 11.6. The van der Waals surface area contributed by atoms with Gasteiger partial charge in [-0.25, -0.2) is 4.79 Å². The molecule has 20 heavy (non-hydrogen) atoms. The lowest BCUT2D eigenvalue weighted by molar-refractivity contribution is -0.138. The Balaban J connectivity index is 1.69. The number of carbonyl (C=O) groups is 1. The number of rotatable bonds is 5. The maximum atomic E-state index is 11.6. The van der Waals surface area contributed by atoms with Crippen LogP contribution in [0.15, 0.2) is 30.3 Å². The van der Waals surface area contributed by atoms with E-state index in [0.717, 1.165) is 12.0 Å². The first-order valence-corrected chi connectivity index (χ1v) is 6.97. The van der Waals surface area contributed by atoms with Crippen molar-refractivity contribution in [2.75, 3.05) is 19.8 Å². The van der Waals surface area contributed by atoms with E-state index in [4.69, 9.17) is 14.2 Å². The lowest BCUT2D eigenvalue weighted by atomic mass is 10.1. The first-order valence-electron chi connectivity index (χ1n) is 6.97. The third-order valence-electron chi connectivity index (χ3n) is 3.22. The van der Waals surface area contributed by atoms with Crippen molar-refractivity contribution >= 4 is 6.09 Å². The van der Waals surface area contributed by atoms with Crippen LogP contribution < -0.4 is 5.32 Å². The van der Waals surface area contributed by atoms with Crippen molar-refractivity contribution < 1.29 is 19.0 Å². The van der Waals surface area contributed by atoms with Crippen LogP contribution in [-0.4, -0.2) is 38.1 Å². The minimum Gasteiger partial charge on any atom is -0.445 e. The van der Waals surface area contributed by atoms with E-state index in [1.807, 2.05) is 37.3 Å². The molecule has 0 aromatic heterocycles. The molecule has 5 heteroatoms. The average molecular weight is 279 g/mol. The van der Waals surface area contributed by atoms with Gasteiger partial charge in [-0.05, 0) is 12.0 Å². The van der Waals surface area contributed by atoms with Gasteiger partial charge in [0, 0.05) is 6.54 Å². The fourth-order valence-corrected chi connectivity index (χ4v) is 2.14. The van der Waals surface area contributed by atoms with Gasteiger partial charge in [-0.1, -0.05) is 37.3 Å². The molecule has 2 atom stereocenters. The molecule has 0 bridgehead atoms. The number of amides is 1. The molecule has 0 spiro atoms. The van der Waals surface area contributed by atoms with Gasteiger partial charge < -0.3 is 19.5 Å². The molecule has 0 radical (unpaired) electrons. The van der Waals surface area contributed by atoms with Crippen molar-refractivity contribution in [2.45, 2.75) is 32.2 Å². The predicted octanol–water partition coefficient (Wildman–Crippen LogP) is 2.11. The zero-order valence-corrected chi connectivity index (χ0v) is 11.7. The smallest absolute Gasteiger partial charge is 0.407 e. The predicted molar refractivity (Wildman–Crippen MR) is 74.4 cm³/mol. The minimum atomic E-state index is -0.433. The molecule has 2 rings (SSSR count). The summed E-state index contributed by atoms with van der Waals surface area (Å²) < 4.78 is 16.3. The van der Waals surface area contributed by atoms with E-state index in [1.54, 1.807) is 0 Å². The van der Waals surface area contributed by atoms with E-state index in [0.29, 0.717) is 19.8 Å². The quantitative estimate of drug-likeness (QED) is 0.897. The summed E-state index contributed by atoms with van der Waals surface area (Å²) in [5.41, 5.74) is 0.964. The topological polar surface area (TPSA) is 56.8 Å². The summed E-state index contributed by atoms with van der Waals surface area (Å²) in [6.45, 7) is 3.91. The maximum Gasteiger partial charge on any atom is 0.407 e. The summed E-state index contributed by atoms with van der Waals surface area (Å²) in [5, 5.41) is 2.72. The Bertz CT molecular complexity index is 410. The molecule has 1 N–H and O–H groups in total. The fourth-order valence-electron chi connectivity index (χ4n) is 2.14. The second kappa shape index (κ2) is 7.87. The molecule has 1 saturated heterocycles. The normalized spacial score (nSPS) is 22.2. The Labute approximate surface area is 119 Å². The van der Waals surface area contributed by atoms with Gasteiger partial charge in [0.15, 0.2) is 0 Å². The van der Waals surface area contributed by atoms with Crippen LogP contribution in [0.5, 0.6) is 0 Å². The Morgan fingerprint density at radius 1 is 1.25 bits per heavy atom. The van der Waals surface area contributed by atoms with Crippen LogP contribution in [0.1, 0.15) is 18.9 Å². The molecule has 5 nitrogen and oxygen atoms in total. The van der Waals surface area contributed by atoms with Crippen LogP contribution in [0.3, 0.4) is 0 Å². The van der Waals surface area contributed by atoms with Crippen molar-refractivity contribution in [1.29, 1.82) is 0 Å². The summed E-state index contributed by atoms with van der Waals surface area (Å²) in [6, 6.07) is 9.58.